The van der Waals surface area contributed by atoms with Crippen molar-refractivity contribution in [2.24, 2.45) is 0 Å². The molecular formula is C11H17N3O2. The number of hydrogen-bond acceptors (Lipinski definition) is 5. The molecule has 2 rings (SSSR count). The van der Waals surface area contributed by atoms with Gasteiger partial charge in [0, 0.05) is 24.8 Å². The number of nitrogens with zero attached hydrogens (tertiary/aromatic N) is 3. The van der Waals surface area contributed by atoms with E-state index in [0.29, 0.717) is 12.5 Å². The molecule has 5 heteroatoms. The van der Waals surface area contributed by atoms with Gasteiger partial charge in [0.15, 0.2) is 0 Å². The van der Waals surface area contributed by atoms with Crippen molar-refractivity contribution in [3.05, 3.63) is 11.8 Å². The minimum atomic E-state index is 0.624. The van der Waals surface area contributed by atoms with Gasteiger partial charge in [-0.25, -0.2) is 4.98 Å². The molecule has 1 saturated heterocycles. The van der Waals surface area contributed by atoms with E-state index in [1.54, 1.807) is 0 Å². The highest BCUT2D eigenvalue weighted by Crippen LogP contribution is 2.16. The largest absolute Gasteiger partial charge is 0.478 e. The SMILES string of the molecule is CCOc1cc(C)nc(N2CCOCC2)n1. The van der Waals surface area contributed by atoms with Crippen LogP contribution in [0, 0.1) is 6.92 Å². The van der Waals surface area contributed by atoms with E-state index in [-0.39, 0.29) is 0 Å². The Kier molecular flexibility index (Phi) is 3.56. The lowest BCUT2D eigenvalue weighted by Gasteiger charge is -2.27. The van der Waals surface area contributed by atoms with Crippen LogP contribution in [0.4, 0.5) is 5.95 Å². The average Bonchev–Trinajstić information content (AvgIpc) is 2.30. The highest BCUT2D eigenvalue weighted by molar-refractivity contribution is 5.34. The third-order valence-electron chi connectivity index (χ3n) is 2.41. The highest BCUT2D eigenvalue weighted by Gasteiger charge is 2.15. The summed E-state index contributed by atoms with van der Waals surface area (Å²) in [6.45, 7) is 7.69. The number of aromatic nitrogens is 2. The van der Waals surface area contributed by atoms with Crippen LogP contribution in [0.3, 0.4) is 0 Å². The van der Waals surface area contributed by atoms with Crippen molar-refractivity contribution in [2.45, 2.75) is 13.8 Å². The second kappa shape index (κ2) is 5.12. The Balaban J connectivity index is 2.18. The molecule has 0 saturated carbocycles. The Morgan fingerprint density at radius 3 is 2.81 bits per heavy atom. The molecule has 0 aliphatic carbocycles. The summed E-state index contributed by atoms with van der Waals surface area (Å²) in [5.41, 5.74) is 0.931. The van der Waals surface area contributed by atoms with Crippen LogP contribution in [0.25, 0.3) is 0 Å². The van der Waals surface area contributed by atoms with Crippen molar-refractivity contribution in [1.82, 2.24) is 9.97 Å². The van der Waals surface area contributed by atoms with Crippen LogP contribution in [0.1, 0.15) is 12.6 Å². The first-order valence-electron chi connectivity index (χ1n) is 5.61. The van der Waals surface area contributed by atoms with E-state index in [0.717, 1.165) is 37.9 Å². The number of hydrogen-bond donors (Lipinski definition) is 0. The van der Waals surface area contributed by atoms with E-state index in [2.05, 4.69) is 14.9 Å². The molecule has 1 aliphatic heterocycles. The standard InChI is InChI=1S/C11H17N3O2/c1-3-16-10-8-9(2)12-11(13-10)14-4-6-15-7-5-14/h8H,3-7H2,1-2H3. The van der Waals surface area contributed by atoms with Crippen molar-refractivity contribution in [3.63, 3.8) is 0 Å². The molecule has 0 aromatic carbocycles. The molecule has 0 unspecified atom stereocenters. The van der Waals surface area contributed by atoms with Gasteiger partial charge < -0.3 is 14.4 Å². The van der Waals surface area contributed by atoms with Crippen LogP contribution in [-0.2, 0) is 4.74 Å². The molecule has 0 amide bonds. The molecule has 1 fully saturated rings. The summed E-state index contributed by atoms with van der Waals surface area (Å²) in [7, 11) is 0. The Bertz CT molecular complexity index is 351. The molecule has 0 N–H and O–H groups in total. The lowest BCUT2D eigenvalue weighted by atomic mass is 10.4. The fraction of sp³-hybridized carbons (Fsp3) is 0.636. The third kappa shape index (κ3) is 2.61. The first kappa shape index (κ1) is 11.1. The Labute approximate surface area is 95.4 Å². The van der Waals surface area contributed by atoms with Gasteiger partial charge in [-0.05, 0) is 13.8 Å². The summed E-state index contributed by atoms with van der Waals surface area (Å²) in [5, 5.41) is 0. The summed E-state index contributed by atoms with van der Waals surface area (Å²) in [5.74, 6) is 1.39. The molecule has 0 atom stereocenters. The van der Waals surface area contributed by atoms with Crippen molar-refractivity contribution in [1.29, 1.82) is 0 Å². The van der Waals surface area contributed by atoms with Gasteiger partial charge >= 0.3 is 0 Å². The van der Waals surface area contributed by atoms with Crippen LogP contribution in [-0.4, -0.2) is 42.9 Å². The summed E-state index contributed by atoms with van der Waals surface area (Å²) in [6, 6.07) is 1.85. The molecule has 1 aliphatic rings. The maximum atomic E-state index is 5.41. The maximum absolute atomic E-state index is 5.41. The molecule has 5 nitrogen and oxygen atoms in total. The molecule has 0 radical (unpaired) electrons. The van der Waals surface area contributed by atoms with Crippen LogP contribution in [0.5, 0.6) is 5.88 Å². The van der Waals surface area contributed by atoms with E-state index >= 15 is 0 Å². The molecule has 0 bridgehead atoms. The Morgan fingerprint density at radius 1 is 1.38 bits per heavy atom. The van der Waals surface area contributed by atoms with E-state index in [9.17, 15) is 0 Å². The minimum absolute atomic E-state index is 0.624. The summed E-state index contributed by atoms with van der Waals surface area (Å²) >= 11 is 0. The van der Waals surface area contributed by atoms with E-state index < -0.39 is 0 Å². The number of ether oxygens (including phenoxy) is 2. The lowest BCUT2D eigenvalue weighted by molar-refractivity contribution is 0.122. The lowest BCUT2D eigenvalue weighted by Crippen LogP contribution is -2.37. The van der Waals surface area contributed by atoms with Crippen LogP contribution >= 0.6 is 0 Å². The smallest absolute Gasteiger partial charge is 0.229 e. The topological polar surface area (TPSA) is 47.5 Å². The van der Waals surface area contributed by atoms with Gasteiger partial charge in [0.2, 0.25) is 11.8 Å². The predicted octanol–water partition coefficient (Wildman–Crippen LogP) is 1.02. The first-order valence-corrected chi connectivity index (χ1v) is 5.61. The zero-order chi connectivity index (χ0) is 11.4. The van der Waals surface area contributed by atoms with Gasteiger partial charge in [0.25, 0.3) is 0 Å². The second-order valence-corrected chi connectivity index (χ2v) is 3.68. The molecule has 0 spiro atoms. The van der Waals surface area contributed by atoms with Gasteiger partial charge in [0.05, 0.1) is 19.8 Å². The number of morpholine rings is 1. The van der Waals surface area contributed by atoms with Crippen molar-refractivity contribution in [3.8, 4) is 5.88 Å². The van der Waals surface area contributed by atoms with Crippen molar-refractivity contribution >= 4 is 5.95 Å². The van der Waals surface area contributed by atoms with Crippen LogP contribution in [0.2, 0.25) is 0 Å². The van der Waals surface area contributed by atoms with Crippen molar-refractivity contribution < 1.29 is 9.47 Å². The van der Waals surface area contributed by atoms with Crippen molar-refractivity contribution in [2.75, 3.05) is 37.8 Å². The average molecular weight is 223 g/mol. The summed E-state index contributed by atoms with van der Waals surface area (Å²) < 4.78 is 10.7. The van der Waals surface area contributed by atoms with E-state index in [1.165, 1.54) is 0 Å². The Hall–Kier alpha value is -1.36. The normalized spacial score (nSPS) is 16.2. The summed E-state index contributed by atoms with van der Waals surface area (Å²) in [4.78, 5) is 10.9. The zero-order valence-electron chi connectivity index (χ0n) is 9.77. The van der Waals surface area contributed by atoms with Crippen LogP contribution < -0.4 is 9.64 Å². The number of rotatable bonds is 3. The van der Waals surface area contributed by atoms with E-state index in [4.69, 9.17) is 9.47 Å². The maximum Gasteiger partial charge on any atom is 0.229 e. The highest BCUT2D eigenvalue weighted by atomic mass is 16.5. The molecule has 16 heavy (non-hydrogen) atoms. The van der Waals surface area contributed by atoms with Gasteiger partial charge in [-0.3, -0.25) is 0 Å². The molecule has 1 aromatic heterocycles. The zero-order valence-corrected chi connectivity index (χ0v) is 9.77. The Morgan fingerprint density at radius 2 is 2.12 bits per heavy atom. The predicted molar refractivity (Wildman–Crippen MR) is 61.0 cm³/mol. The van der Waals surface area contributed by atoms with Gasteiger partial charge in [-0.1, -0.05) is 0 Å². The first-order chi connectivity index (χ1) is 7.79. The van der Waals surface area contributed by atoms with Crippen LogP contribution in [0.15, 0.2) is 6.07 Å². The molecule has 88 valence electrons. The monoisotopic (exact) mass is 223 g/mol. The second-order valence-electron chi connectivity index (χ2n) is 3.68. The fourth-order valence-electron chi connectivity index (χ4n) is 1.65. The molecule has 1 aromatic rings. The quantitative estimate of drug-likeness (QED) is 0.765. The number of aryl methyl sites for hydroxylation is 1. The van der Waals surface area contributed by atoms with Gasteiger partial charge in [-0.2, -0.15) is 4.98 Å². The third-order valence-corrected chi connectivity index (χ3v) is 2.41. The number of anilines is 1. The molecule has 2 heterocycles. The minimum Gasteiger partial charge on any atom is -0.478 e. The van der Waals surface area contributed by atoms with Gasteiger partial charge in [-0.15, -0.1) is 0 Å². The summed E-state index contributed by atoms with van der Waals surface area (Å²) in [6.07, 6.45) is 0. The van der Waals surface area contributed by atoms with E-state index in [1.807, 2.05) is 19.9 Å². The molecular weight excluding hydrogens is 206 g/mol. The van der Waals surface area contributed by atoms with Gasteiger partial charge in [0.1, 0.15) is 0 Å². The fourth-order valence-corrected chi connectivity index (χ4v) is 1.65.